The first-order valence-corrected chi connectivity index (χ1v) is 6.83. The number of carbonyl (C=O) groups excluding carboxylic acids is 1. The van der Waals surface area contributed by atoms with Gasteiger partial charge in [-0.1, -0.05) is 6.07 Å². The van der Waals surface area contributed by atoms with Crippen LogP contribution in [0.15, 0.2) is 24.3 Å². The van der Waals surface area contributed by atoms with E-state index in [0.29, 0.717) is 6.61 Å². The van der Waals surface area contributed by atoms with Crippen LogP contribution < -0.4 is 4.90 Å². The van der Waals surface area contributed by atoms with Gasteiger partial charge in [-0.25, -0.2) is 4.79 Å². The molecule has 0 atom stereocenters. The molecule has 1 rings (SSSR count). The number of hydrogen-bond donors (Lipinski definition) is 1. The van der Waals surface area contributed by atoms with Crippen molar-refractivity contribution in [2.75, 3.05) is 26.2 Å². The summed E-state index contributed by atoms with van der Waals surface area (Å²) in [6.07, 6.45) is 0.789. The van der Waals surface area contributed by atoms with Gasteiger partial charge in [0.2, 0.25) is 0 Å². The molecule has 0 heterocycles. The highest BCUT2D eigenvalue weighted by atomic mass is 16.6. The van der Waals surface area contributed by atoms with Gasteiger partial charge in [0.1, 0.15) is 0 Å². The minimum absolute atomic E-state index is 0.105. The minimum atomic E-state index is -0.527. The lowest BCUT2D eigenvalue weighted by molar-refractivity contribution is -0.896. The van der Waals surface area contributed by atoms with Gasteiger partial charge in [-0.3, -0.25) is 10.1 Å². The zero-order valence-corrected chi connectivity index (χ0v) is 11.9. The van der Waals surface area contributed by atoms with E-state index in [0.717, 1.165) is 26.1 Å². The minimum Gasteiger partial charge on any atom is -0.462 e. The maximum atomic E-state index is 11.8. The Hall–Kier alpha value is -1.95. The van der Waals surface area contributed by atoms with Crippen LogP contribution in [0.5, 0.6) is 0 Å². The number of rotatable bonds is 8. The number of hydrogen-bond acceptors (Lipinski definition) is 4. The number of nitrogens with one attached hydrogen (secondary N) is 1. The second kappa shape index (κ2) is 8.27. The van der Waals surface area contributed by atoms with Gasteiger partial charge >= 0.3 is 5.97 Å². The highest BCUT2D eigenvalue weighted by Crippen LogP contribution is 2.13. The third-order valence-corrected chi connectivity index (χ3v) is 3.20. The third kappa shape index (κ3) is 4.97. The Bertz CT molecular complexity index is 458. The molecule has 0 saturated heterocycles. The molecule has 6 nitrogen and oxygen atoms in total. The second-order valence-electron chi connectivity index (χ2n) is 4.50. The van der Waals surface area contributed by atoms with Crippen molar-refractivity contribution in [3.8, 4) is 0 Å². The molecule has 0 unspecified atom stereocenters. The lowest BCUT2D eigenvalue weighted by Crippen LogP contribution is -3.11. The predicted molar refractivity (Wildman–Crippen MR) is 74.9 cm³/mol. The van der Waals surface area contributed by atoms with Crippen molar-refractivity contribution in [1.29, 1.82) is 0 Å². The van der Waals surface area contributed by atoms with Gasteiger partial charge in [0.25, 0.3) is 5.69 Å². The Morgan fingerprint density at radius 3 is 2.65 bits per heavy atom. The molecule has 1 N–H and O–H groups in total. The van der Waals surface area contributed by atoms with Crippen molar-refractivity contribution in [3.63, 3.8) is 0 Å². The van der Waals surface area contributed by atoms with Crippen LogP contribution in [0.25, 0.3) is 0 Å². The summed E-state index contributed by atoms with van der Waals surface area (Å²) in [5.74, 6) is -0.511. The number of esters is 1. The standard InChI is InChI=1S/C14H20N2O4/c1-3-15(4-2)9-6-10-20-14(17)12-7-5-8-13(11-12)16(18)19/h5,7-8,11H,3-4,6,9-10H2,1-2H3/p+1. The molecule has 0 aliphatic carbocycles. The van der Waals surface area contributed by atoms with Crippen LogP contribution in [0, 0.1) is 10.1 Å². The largest absolute Gasteiger partial charge is 0.462 e. The Balaban J connectivity index is 2.43. The lowest BCUT2D eigenvalue weighted by atomic mass is 10.2. The van der Waals surface area contributed by atoms with Gasteiger partial charge in [0, 0.05) is 18.6 Å². The van der Waals surface area contributed by atoms with Crippen LogP contribution in [0.3, 0.4) is 0 Å². The Kier molecular flexibility index (Phi) is 6.66. The van der Waals surface area contributed by atoms with E-state index in [4.69, 9.17) is 4.74 Å². The molecule has 0 aliphatic rings. The molecule has 0 fully saturated rings. The average molecular weight is 281 g/mol. The molecule has 0 aliphatic heterocycles. The molecule has 0 aromatic heterocycles. The van der Waals surface area contributed by atoms with E-state index >= 15 is 0 Å². The fraction of sp³-hybridized carbons (Fsp3) is 0.500. The topological polar surface area (TPSA) is 73.9 Å². The summed E-state index contributed by atoms with van der Waals surface area (Å²) in [5, 5.41) is 10.6. The Labute approximate surface area is 118 Å². The number of nitrogens with zero attached hydrogens (tertiary/aromatic N) is 1. The number of nitro benzene ring substituents is 1. The fourth-order valence-corrected chi connectivity index (χ4v) is 1.92. The number of non-ortho nitro benzene ring substituents is 1. The summed E-state index contributed by atoms with van der Waals surface area (Å²) >= 11 is 0. The molecule has 0 bridgehead atoms. The molecule has 0 spiro atoms. The first-order valence-electron chi connectivity index (χ1n) is 6.83. The normalized spacial score (nSPS) is 10.6. The number of ether oxygens (including phenoxy) is 1. The van der Waals surface area contributed by atoms with Gasteiger partial charge in [0.15, 0.2) is 0 Å². The van der Waals surface area contributed by atoms with Crippen molar-refractivity contribution in [2.45, 2.75) is 20.3 Å². The number of carbonyl (C=O) groups is 1. The summed E-state index contributed by atoms with van der Waals surface area (Å²) in [6, 6.07) is 5.58. The maximum absolute atomic E-state index is 11.8. The second-order valence-corrected chi connectivity index (χ2v) is 4.50. The summed E-state index contributed by atoms with van der Waals surface area (Å²) in [7, 11) is 0. The average Bonchev–Trinajstić information content (AvgIpc) is 2.47. The molecule has 1 aromatic rings. The molecule has 6 heteroatoms. The van der Waals surface area contributed by atoms with E-state index in [9.17, 15) is 14.9 Å². The summed E-state index contributed by atoms with van der Waals surface area (Å²) in [6.45, 7) is 7.63. The lowest BCUT2D eigenvalue weighted by Gasteiger charge is -2.14. The van der Waals surface area contributed by atoms with E-state index in [-0.39, 0.29) is 11.3 Å². The molecule has 110 valence electrons. The van der Waals surface area contributed by atoms with E-state index in [1.54, 1.807) is 0 Å². The molecule has 0 amide bonds. The van der Waals surface area contributed by atoms with E-state index < -0.39 is 10.9 Å². The molecule has 0 radical (unpaired) electrons. The molecule has 1 aromatic carbocycles. The monoisotopic (exact) mass is 281 g/mol. The quantitative estimate of drug-likeness (QED) is 0.335. The third-order valence-electron chi connectivity index (χ3n) is 3.20. The first kappa shape index (κ1) is 16.1. The van der Waals surface area contributed by atoms with E-state index in [1.165, 1.54) is 29.2 Å². The molecule has 0 saturated carbocycles. The summed E-state index contributed by atoms with van der Waals surface area (Å²) < 4.78 is 5.13. The van der Waals surface area contributed by atoms with Crippen LogP contribution in [-0.2, 0) is 4.74 Å². The smallest absolute Gasteiger partial charge is 0.338 e. The van der Waals surface area contributed by atoms with Crippen LogP contribution in [0.4, 0.5) is 5.69 Å². The van der Waals surface area contributed by atoms with Crippen molar-refractivity contribution >= 4 is 11.7 Å². The summed E-state index contributed by atoms with van der Waals surface area (Å²) in [4.78, 5) is 23.3. The molecule has 20 heavy (non-hydrogen) atoms. The molecular formula is C14H21N2O4+. The van der Waals surface area contributed by atoms with Gasteiger partial charge in [-0.2, -0.15) is 0 Å². The van der Waals surface area contributed by atoms with Gasteiger partial charge in [-0.15, -0.1) is 0 Å². The molecular weight excluding hydrogens is 260 g/mol. The highest BCUT2D eigenvalue weighted by molar-refractivity contribution is 5.90. The highest BCUT2D eigenvalue weighted by Gasteiger charge is 2.12. The van der Waals surface area contributed by atoms with Crippen molar-refractivity contribution in [3.05, 3.63) is 39.9 Å². The van der Waals surface area contributed by atoms with Crippen LogP contribution >= 0.6 is 0 Å². The van der Waals surface area contributed by atoms with Crippen molar-refractivity contribution < 1.29 is 19.4 Å². The Morgan fingerprint density at radius 2 is 2.05 bits per heavy atom. The van der Waals surface area contributed by atoms with Crippen molar-refractivity contribution in [2.24, 2.45) is 0 Å². The zero-order valence-electron chi connectivity index (χ0n) is 11.9. The van der Waals surface area contributed by atoms with Gasteiger partial charge in [-0.05, 0) is 19.9 Å². The van der Waals surface area contributed by atoms with E-state index in [1.807, 2.05) is 0 Å². The van der Waals surface area contributed by atoms with Crippen LogP contribution in [0.2, 0.25) is 0 Å². The van der Waals surface area contributed by atoms with E-state index in [2.05, 4.69) is 13.8 Å². The zero-order chi connectivity index (χ0) is 15.0. The number of benzene rings is 1. The number of quaternary nitrogens is 1. The van der Waals surface area contributed by atoms with Gasteiger partial charge < -0.3 is 9.64 Å². The predicted octanol–water partition coefficient (Wildman–Crippen LogP) is 1.07. The van der Waals surface area contributed by atoms with Crippen LogP contribution in [-0.4, -0.2) is 37.1 Å². The number of nitro groups is 1. The SMILES string of the molecule is CC[NH+](CC)CCCOC(=O)c1cccc([N+](=O)[O-])c1. The summed E-state index contributed by atoms with van der Waals surface area (Å²) in [5.41, 5.74) is 0.112. The first-order chi connectivity index (χ1) is 9.58. The fourth-order valence-electron chi connectivity index (χ4n) is 1.92. The maximum Gasteiger partial charge on any atom is 0.338 e. The van der Waals surface area contributed by atoms with Gasteiger partial charge in [0.05, 0.1) is 36.7 Å². The Morgan fingerprint density at radius 1 is 1.35 bits per heavy atom. The van der Waals surface area contributed by atoms with Crippen LogP contribution in [0.1, 0.15) is 30.6 Å². The van der Waals surface area contributed by atoms with Crippen molar-refractivity contribution in [1.82, 2.24) is 0 Å².